The first-order chi connectivity index (χ1) is 24.3. The van der Waals surface area contributed by atoms with Crippen LogP contribution in [-0.4, -0.2) is 63.7 Å². The molecule has 0 amide bonds. The molecule has 0 aliphatic carbocycles. The highest BCUT2D eigenvalue weighted by Crippen LogP contribution is 2.36. The highest BCUT2D eigenvalue weighted by molar-refractivity contribution is 7.93. The van der Waals surface area contributed by atoms with E-state index in [4.69, 9.17) is 23.7 Å². The lowest BCUT2D eigenvalue weighted by Gasteiger charge is -2.25. The molecule has 0 N–H and O–H groups in total. The molecule has 0 unspecified atom stereocenters. The zero-order valence-electron chi connectivity index (χ0n) is 31.7. The van der Waals surface area contributed by atoms with E-state index in [2.05, 4.69) is 31.7 Å². The van der Waals surface area contributed by atoms with Gasteiger partial charge in [-0.1, -0.05) is 75.0 Å². The molecule has 2 aromatic heterocycles. The lowest BCUT2D eigenvalue weighted by molar-refractivity contribution is 0.0512. The third kappa shape index (κ3) is 9.56. The molecule has 278 valence electrons. The van der Waals surface area contributed by atoms with Crippen molar-refractivity contribution in [2.24, 2.45) is 0 Å². The van der Waals surface area contributed by atoms with Crippen molar-refractivity contribution in [2.75, 3.05) is 30.9 Å². The summed E-state index contributed by atoms with van der Waals surface area (Å²) in [5.41, 5.74) is 5.39. The number of carbonyl (C=O) groups excluding carboxylic acids is 1. The predicted octanol–water partition coefficient (Wildman–Crippen LogP) is 7.94. The van der Waals surface area contributed by atoms with Gasteiger partial charge < -0.3 is 23.3 Å². The summed E-state index contributed by atoms with van der Waals surface area (Å²) in [6.07, 6.45) is 2.19. The van der Waals surface area contributed by atoms with Gasteiger partial charge in [-0.3, -0.25) is 0 Å². The third-order valence-corrected chi connectivity index (χ3v) is 12.1. The molecule has 11 nitrogen and oxygen atoms in total. The van der Waals surface area contributed by atoms with Crippen LogP contribution in [0.1, 0.15) is 78.5 Å². The van der Waals surface area contributed by atoms with E-state index < -0.39 is 18.1 Å². The van der Waals surface area contributed by atoms with E-state index in [0.29, 0.717) is 60.8 Å². The number of aromatic nitrogens is 3. The minimum atomic E-state index is -4.21. The Morgan fingerprint density at radius 1 is 0.980 bits per heavy atom. The molecule has 0 atom stereocenters. The summed E-state index contributed by atoms with van der Waals surface area (Å²) in [5.74, 6) is 0.572. The van der Waals surface area contributed by atoms with Crippen LogP contribution in [0.3, 0.4) is 0 Å². The Morgan fingerprint density at radius 2 is 1.73 bits per heavy atom. The van der Waals surface area contributed by atoms with E-state index in [1.807, 2.05) is 48.7 Å². The minimum Gasteiger partial charge on any atom is -0.461 e. The number of nitrogens with zero attached hydrogens (tertiary/aromatic N) is 4. The maximum Gasteiger partial charge on any atom is 0.356 e. The molecule has 0 saturated heterocycles. The summed E-state index contributed by atoms with van der Waals surface area (Å²) in [5, 5.41) is 4.05. The fourth-order valence-electron chi connectivity index (χ4n) is 5.77. The Balaban J connectivity index is 1.81. The van der Waals surface area contributed by atoms with Gasteiger partial charge in [0.15, 0.2) is 5.69 Å². The monoisotopic (exact) mass is 738 g/mol. The zero-order chi connectivity index (χ0) is 37.3. The number of hydrogen-bond acceptors (Lipinski definition) is 9. The Hall–Kier alpha value is -3.78. The quantitative estimate of drug-likeness (QED) is 0.0408. The van der Waals surface area contributed by atoms with Crippen LogP contribution in [-0.2, 0) is 50.2 Å². The van der Waals surface area contributed by atoms with Crippen LogP contribution in [0.25, 0.3) is 11.1 Å². The number of ether oxygens (including phenoxy) is 3. The summed E-state index contributed by atoms with van der Waals surface area (Å²) in [4.78, 5) is 18.1. The van der Waals surface area contributed by atoms with Crippen molar-refractivity contribution in [3.8, 4) is 11.1 Å². The van der Waals surface area contributed by atoms with E-state index in [0.717, 1.165) is 35.0 Å². The van der Waals surface area contributed by atoms with Gasteiger partial charge in [0.2, 0.25) is 5.88 Å². The van der Waals surface area contributed by atoms with Crippen molar-refractivity contribution in [3.05, 3.63) is 82.1 Å². The SMILES string of the molecule is CCCc1nc(CC)c(C(=O)OCC)n1Cc1ccc(-c2ccccc2S(=O)(=O)N(COCC[Si](C)(C)C)c2onc(C)c2C)c(COCC)c1. The smallest absolute Gasteiger partial charge is 0.356 e. The van der Waals surface area contributed by atoms with Gasteiger partial charge in [-0.05, 0) is 69.3 Å². The predicted molar refractivity (Wildman–Crippen MR) is 202 cm³/mol. The van der Waals surface area contributed by atoms with Gasteiger partial charge in [-0.15, -0.1) is 0 Å². The van der Waals surface area contributed by atoms with Gasteiger partial charge in [-0.2, -0.15) is 0 Å². The van der Waals surface area contributed by atoms with Gasteiger partial charge in [0, 0.05) is 45.4 Å². The maximum absolute atomic E-state index is 14.7. The normalized spacial score (nSPS) is 12.0. The number of hydrogen-bond donors (Lipinski definition) is 0. The standard InChI is InChI=1S/C38H54N4O7SSi/c1-10-16-35-39-33(11-2)36(38(43)48-13-4)41(35)24-29-19-20-31(30(23-29)25-46-12-3)32-17-14-15-18-34(32)50(44,45)42(26-47-21-22-51(7,8)9)37-27(5)28(6)40-49-37/h14-15,17-20,23H,10-13,16,21-22,24-26H2,1-9H3. The van der Waals surface area contributed by atoms with Crippen LogP contribution in [0.5, 0.6) is 0 Å². The van der Waals surface area contributed by atoms with Crippen molar-refractivity contribution >= 4 is 30.0 Å². The fraction of sp³-hybridized carbons (Fsp3) is 0.500. The molecule has 13 heteroatoms. The van der Waals surface area contributed by atoms with E-state index in [1.54, 1.807) is 32.9 Å². The number of esters is 1. The van der Waals surface area contributed by atoms with Crippen molar-refractivity contribution in [1.29, 1.82) is 0 Å². The lowest BCUT2D eigenvalue weighted by atomic mass is 9.97. The molecule has 0 saturated carbocycles. The Kier molecular flexibility index (Phi) is 13.8. The van der Waals surface area contributed by atoms with E-state index in [1.165, 1.54) is 4.31 Å². The molecule has 4 rings (SSSR count). The van der Waals surface area contributed by atoms with Crippen LogP contribution in [0, 0.1) is 13.8 Å². The number of imidazole rings is 1. The molecule has 4 aromatic rings. The van der Waals surface area contributed by atoms with Crippen LogP contribution in [0.2, 0.25) is 25.7 Å². The fourth-order valence-corrected chi connectivity index (χ4v) is 8.07. The first kappa shape index (κ1) is 40.0. The summed E-state index contributed by atoms with van der Waals surface area (Å²) >= 11 is 0. The maximum atomic E-state index is 14.7. The van der Waals surface area contributed by atoms with Crippen LogP contribution >= 0.6 is 0 Å². The number of anilines is 1. The van der Waals surface area contributed by atoms with Gasteiger partial charge in [0.1, 0.15) is 12.6 Å². The van der Waals surface area contributed by atoms with Gasteiger partial charge in [-0.25, -0.2) is 22.5 Å². The van der Waals surface area contributed by atoms with Crippen molar-refractivity contribution in [1.82, 2.24) is 14.7 Å². The average Bonchev–Trinajstić information content (AvgIpc) is 3.61. The number of carbonyl (C=O) groups is 1. The van der Waals surface area contributed by atoms with E-state index >= 15 is 0 Å². The first-order valence-electron chi connectivity index (χ1n) is 17.8. The number of sulfonamides is 1. The minimum absolute atomic E-state index is 0.106. The molecule has 0 bridgehead atoms. The second-order valence-corrected chi connectivity index (χ2v) is 21.2. The highest BCUT2D eigenvalue weighted by atomic mass is 32.2. The number of aryl methyl sites for hydroxylation is 3. The Labute approximate surface area is 304 Å². The molecular formula is C38H54N4O7SSi. The largest absolute Gasteiger partial charge is 0.461 e. The molecule has 2 aromatic carbocycles. The van der Waals surface area contributed by atoms with Crippen molar-refractivity contribution < 1.29 is 31.9 Å². The molecule has 0 aliphatic rings. The summed E-state index contributed by atoms with van der Waals surface area (Å²) in [6.45, 7) is 19.7. The van der Waals surface area contributed by atoms with Gasteiger partial charge in [0.25, 0.3) is 10.0 Å². The summed E-state index contributed by atoms with van der Waals surface area (Å²) in [6, 6.07) is 13.8. The van der Waals surface area contributed by atoms with E-state index in [-0.39, 0.29) is 36.7 Å². The van der Waals surface area contributed by atoms with E-state index in [9.17, 15) is 13.2 Å². The van der Waals surface area contributed by atoms with Gasteiger partial charge in [0.05, 0.1) is 29.5 Å². The van der Waals surface area contributed by atoms with Crippen molar-refractivity contribution in [2.45, 2.75) is 105 Å². The molecule has 0 aliphatic heterocycles. The summed E-state index contributed by atoms with van der Waals surface area (Å²) in [7, 11) is -5.62. The van der Waals surface area contributed by atoms with Crippen molar-refractivity contribution in [3.63, 3.8) is 0 Å². The molecule has 2 heterocycles. The zero-order valence-corrected chi connectivity index (χ0v) is 33.5. The lowest BCUT2D eigenvalue weighted by Crippen LogP contribution is -2.34. The van der Waals surface area contributed by atoms with Crippen LogP contribution < -0.4 is 4.31 Å². The highest BCUT2D eigenvalue weighted by Gasteiger charge is 2.33. The van der Waals surface area contributed by atoms with Crippen LogP contribution in [0.15, 0.2) is 51.9 Å². The Bertz CT molecular complexity index is 1900. The number of benzene rings is 2. The first-order valence-corrected chi connectivity index (χ1v) is 23.0. The van der Waals surface area contributed by atoms with Gasteiger partial charge >= 0.3 is 5.97 Å². The molecule has 51 heavy (non-hydrogen) atoms. The molecule has 0 radical (unpaired) electrons. The topological polar surface area (TPSA) is 126 Å². The molecule has 0 spiro atoms. The van der Waals surface area contributed by atoms with Crippen LogP contribution in [0.4, 0.5) is 5.88 Å². The average molecular weight is 739 g/mol. The second-order valence-electron chi connectivity index (χ2n) is 13.8. The molecule has 0 fully saturated rings. The summed E-state index contributed by atoms with van der Waals surface area (Å²) < 4.78 is 55.5. The third-order valence-electron chi connectivity index (χ3n) is 8.68. The molecular weight excluding hydrogens is 685 g/mol. The second kappa shape index (κ2) is 17.6. The Morgan fingerprint density at radius 3 is 2.35 bits per heavy atom. The number of rotatable bonds is 19.